The second-order valence-corrected chi connectivity index (χ2v) is 9.52. The molecule has 2 N–H and O–H groups in total. The maximum Gasteiger partial charge on any atom is 0.345 e. The van der Waals surface area contributed by atoms with Crippen molar-refractivity contribution in [1.82, 2.24) is 15.5 Å². The Bertz CT molecular complexity index is 826. The molecular formula is C25H36N4O3. The van der Waals surface area contributed by atoms with E-state index in [1.165, 1.54) is 17.7 Å². The van der Waals surface area contributed by atoms with E-state index in [1.807, 2.05) is 38.1 Å². The Morgan fingerprint density at radius 1 is 0.906 bits per heavy atom. The van der Waals surface area contributed by atoms with Gasteiger partial charge >= 0.3 is 18.1 Å². The molecule has 7 heteroatoms. The fourth-order valence-electron chi connectivity index (χ4n) is 5.06. The third-order valence-corrected chi connectivity index (χ3v) is 6.97. The van der Waals surface area contributed by atoms with Gasteiger partial charge in [-0.1, -0.05) is 68.4 Å². The van der Waals surface area contributed by atoms with Crippen LogP contribution in [0.2, 0.25) is 0 Å². The zero-order valence-electron chi connectivity index (χ0n) is 19.3. The molecule has 2 aliphatic carbocycles. The summed E-state index contributed by atoms with van der Waals surface area (Å²) in [4.78, 5) is 31.7. The van der Waals surface area contributed by atoms with Crippen LogP contribution in [0.5, 0.6) is 0 Å². The van der Waals surface area contributed by atoms with Crippen molar-refractivity contribution < 1.29 is 14.3 Å². The largest absolute Gasteiger partial charge is 0.454 e. The Kier molecular flexibility index (Phi) is 7.33. The van der Waals surface area contributed by atoms with Crippen LogP contribution in [0.3, 0.4) is 0 Å². The number of aryl methyl sites for hydroxylation is 1. The van der Waals surface area contributed by atoms with Crippen LogP contribution >= 0.6 is 0 Å². The maximum atomic E-state index is 13.3. The number of rotatable bonds is 3. The summed E-state index contributed by atoms with van der Waals surface area (Å²) in [5.74, 6) is 0. The maximum absolute atomic E-state index is 13.3. The highest BCUT2D eigenvalue weighted by atomic mass is 16.5. The van der Waals surface area contributed by atoms with Crippen molar-refractivity contribution in [2.75, 3.05) is 0 Å². The Balaban J connectivity index is 1.52. The number of ether oxygens (including phenoxy) is 1. The topological polar surface area (TPSA) is 83.0 Å². The fraction of sp³-hybridized carbons (Fsp3) is 0.640. The van der Waals surface area contributed by atoms with Crippen LogP contribution in [0.15, 0.2) is 29.3 Å². The number of amides is 4. The summed E-state index contributed by atoms with van der Waals surface area (Å²) in [6, 6.07) is 7.55. The molecule has 0 bridgehead atoms. The first-order valence-corrected chi connectivity index (χ1v) is 12.2. The predicted molar refractivity (Wildman–Crippen MR) is 125 cm³/mol. The summed E-state index contributed by atoms with van der Waals surface area (Å²) in [5, 5.41) is 6.15. The quantitative estimate of drug-likeness (QED) is 0.678. The van der Waals surface area contributed by atoms with E-state index in [9.17, 15) is 9.59 Å². The average molecular weight is 441 g/mol. The number of hydrogen-bond donors (Lipinski definition) is 2. The molecule has 0 aromatic heterocycles. The molecule has 174 valence electrons. The monoisotopic (exact) mass is 440 g/mol. The number of benzene rings is 1. The molecule has 1 aromatic carbocycles. The van der Waals surface area contributed by atoms with Crippen LogP contribution in [0.25, 0.3) is 0 Å². The van der Waals surface area contributed by atoms with Crippen molar-refractivity contribution >= 4 is 18.1 Å². The van der Waals surface area contributed by atoms with Gasteiger partial charge in [-0.25, -0.2) is 14.5 Å². The van der Waals surface area contributed by atoms with Crippen molar-refractivity contribution in [3.05, 3.63) is 35.4 Å². The van der Waals surface area contributed by atoms with Gasteiger partial charge in [0.15, 0.2) is 0 Å². The SMILES string of the molecule is Cc1ccc(C2OC(=NC(=O)NC3CCCCC3)N(C(=O)NC3CCCCC3)C2C)cc1. The molecule has 1 aliphatic heterocycles. The second-order valence-electron chi connectivity index (χ2n) is 9.52. The highest BCUT2D eigenvalue weighted by molar-refractivity contribution is 6.00. The van der Waals surface area contributed by atoms with E-state index >= 15 is 0 Å². The number of carbonyl (C=O) groups excluding carboxylic acids is 2. The lowest BCUT2D eigenvalue weighted by Gasteiger charge is -2.27. The van der Waals surface area contributed by atoms with Gasteiger partial charge in [-0.05, 0) is 45.1 Å². The van der Waals surface area contributed by atoms with E-state index < -0.39 is 6.03 Å². The lowest BCUT2D eigenvalue weighted by molar-refractivity contribution is 0.188. The Morgan fingerprint density at radius 3 is 2.06 bits per heavy atom. The van der Waals surface area contributed by atoms with Gasteiger partial charge in [-0.2, -0.15) is 0 Å². The number of hydrogen-bond acceptors (Lipinski definition) is 3. The van der Waals surface area contributed by atoms with Crippen LogP contribution in [-0.4, -0.2) is 41.1 Å². The summed E-state index contributed by atoms with van der Waals surface area (Å²) in [7, 11) is 0. The lowest BCUT2D eigenvalue weighted by atomic mass is 9.95. The predicted octanol–water partition coefficient (Wildman–Crippen LogP) is 5.20. The Morgan fingerprint density at radius 2 is 1.47 bits per heavy atom. The molecule has 32 heavy (non-hydrogen) atoms. The Labute approximate surface area is 191 Å². The summed E-state index contributed by atoms with van der Waals surface area (Å²) >= 11 is 0. The first kappa shape index (κ1) is 22.6. The molecule has 4 rings (SSSR count). The molecule has 2 saturated carbocycles. The molecule has 4 amide bonds. The van der Waals surface area contributed by atoms with E-state index in [0.29, 0.717) is 0 Å². The number of nitrogens with zero attached hydrogens (tertiary/aromatic N) is 2. The molecular weight excluding hydrogens is 404 g/mol. The van der Waals surface area contributed by atoms with Gasteiger partial charge in [-0.3, -0.25) is 0 Å². The highest BCUT2D eigenvalue weighted by Gasteiger charge is 2.43. The number of amidine groups is 1. The molecule has 3 fully saturated rings. The van der Waals surface area contributed by atoms with E-state index in [1.54, 1.807) is 0 Å². The van der Waals surface area contributed by atoms with E-state index in [-0.39, 0.29) is 36.3 Å². The molecule has 7 nitrogen and oxygen atoms in total. The van der Waals surface area contributed by atoms with Gasteiger partial charge in [0.25, 0.3) is 0 Å². The van der Waals surface area contributed by atoms with Gasteiger partial charge in [0.2, 0.25) is 0 Å². The van der Waals surface area contributed by atoms with Gasteiger partial charge < -0.3 is 15.4 Å². The minimum Gasteiger partial charge on any atom is -0.454 e. The second kappa shape index (κ2) is 10.4. The minimum atomic E-state index is -0.431. The van der Waals surface area contributed by atoms with Gasteiger partial charge in [0.1, 0.15) is 6.10 Å². The first-order chi connectivity index (χ1) is 15.5. The molecule has 0 spiro atoms. The Hall–Kier alpha value is -2.57. The number of carbonyl (C=O) groups is 2. The van der Waals surface area contributed by atoms with Crippen LogP contribution in [0.1, 0.15) is 88.4 Å². The number of nitrogens with one attached hydrogen (secondary N) is 2. The molecule has 1 aromatic rings. The van der Waals surface area contributed by atoms with E-state index in [4.69, 9.17) is 4.74 Å². The summed E-state index contributed by atoms with van der Waals surface area (Å²) in [6.45, 7) is 3.99. The van der Waals surface area contributed by atoms with Crippen molar-refractivity contribution in [2.45, 2.75) is 102 Å². The van der Waals surface area contributed by atoms with E-state index in [0.717, 1.165) is 62.5 Å². The summed E-state index contributed by atoms with van der Waals surface area (Å²) in [5.41, 5.74) is 2.13. The van der Waals surface area contributed by atoms with Crippen LogP contribution in [-0.2, 0) is 4.74 Å². The van der Waals surface area contributed by atoms with E-state index in [2.05, 4.69) is 15.6 Å². The van der Waals surface area contributed by atoms with Crippen molar-refractivity contribution in [1.29, 1.82) is 0 Å². The van der Waals surface area contributed by atoms with Crippen molar-refractivity contribution in [3.63, 3.8) is 0 Å². The van der Waals surface area contributed by atoms with Gasteiger partial charge in [-0.15, -0.1) is 4.99 Å². The summed E-state index contributed by atoms with van der Waals surface area (Å²) < 4.78 is 6.14. The van der Waals surface area contributed by atoms with Crippen LogP contribution in [0.4, 0.5) is 9.59 Å². The zero-order chi connectivity index (χ0) is 22.5. The zero-order valence-corrected chi connectivity index (χ0v) is 19.3. The van der Waals surface area contributed by atoms with Gasteiger partial charge in [0.05, 0.1) is 6.04 Å². The van der Waals surface area contributed by atoms with Crippen LogP contribution in [0, 0.1) is 6.92 Å². The lowest BCUT2D eigenvalue weighted by Crippen LogP contribution is -2.49. The third-order valence-electron chi connectivity index (χ3n) is 6.97. The molecule has 3 aliphatic rings. The van der Waals surface area contributed by atoms with Gasteiger partial charge in [0, 0.05) is 12.1 Å². The average Bonchev–Trinajstić information content (AvgIpc) is 3.11. The fourth-order valence-corrected chi connectivity index (χ4v) is 5.06. The molecule has 2 atom stereocenters. The molecule has 1 saturated heterocycles. The molecule has 2 unspecified atom stereocenters. The number of aliphatic imine (C=N–C) groups is 1. The van der Waals surface area contributed by atoms with Crippen molar-refractivity contribution in [3.8, 4) is 0 Å². The number of urea groups is 2. The van der Waals surface area contributed by atoms with Crippen molar-refractivity contribution in [2.24, 2.45) is 4.99 Å². The highest BCUT2D eigenvalue weighted by Crippen LogP contribution is 2.33. The molecule has 0 radical (unpaired) electrons. The van der Waals surface area contributed by atoms with Crippen LogP contribution < -0.4 is 10.6 Å². The summed E-state index contributed by atoms with van der Waals surface area (Å²) in [6.07, 6.45) is 10.5. The molecule has 1 heterocycles. The normalized spacial score (nSPS) is 26.1. The third kappa shape index (κ3) is 5.43. The standard InChI is InChI=1S/C25H36N4O3/c1-17-13-15-19(16-14-17)22-18(2)29(24(31)27-21-11-7-4-8-12-21)25(32-22)28-23(30)26-20-9-5-3-6-10-20/h13-16,18,20-22H,3-12H2,1-2H3,(H,26,30)(H,27,31). The smallest absolute Gasteiger partial charge is 0.345 e. The first-order valence-electron chi connectivity index (χ1n) is 12.2. The minimum absolute atomic E-state index is 0.0877.